The van der Waals surface area contributed by atoms with Crippen LogP contribution in [0.1, 0.15) is 31.9 Å². The van der Waals surface area contributed by atoms with Gasteiger partial charge in [0, 0.05) is 13.6 Å². The SMILES string of the molecule is CCC(O)c1cccc(S(=O)(=O)NCC(=O)N(C)CC)c1. The van der Waals surface area contributed by atoms with Crippen molar-refractivity contribution in [3.8, 4) is 0 Å². The molecule has 1 unspecified atom stereocenters. The summed E-state index contributed by atoms with van der Waals surface area (Å²) in [6, 6.07) is 6.10. The Morgan fingerprint density at radius 2 is 2.05 bits per heavy atom. The monoisotopic (exact) mass is 314 g/mol. The summed E-state index contributed by atoms with van der Waals surface area (Å²) in [5, 5.41) is 9.77. The molecule has 1 amide bonds. The topological polar surface area (TPSA) is 86.7 Å². The molecule has 1 rings (SSSR count). The van der Waals surface area contributed by atoms with Crippen LogP contribution in [-0.4, -0.2) is 44.5 Å². The molecule has 118 valence electrons. The minimum absolute atomic E-state index is 0.0412. The second-order valence-corrected chi connectivity index (χ2v) is 6.50. The third-order valence-corrected chi connectivity index (χ3v) is 4.65. The van der Waals surface area contributed by atoms with E-state index in [-0.39, 0.29) is 17.3 Å². The molecule has 21 heavy (non-hydrogen) atoms. The number of sulfonamides is 1. The van der Waals surface area contributed by atoms with E-state index >= 15 is 0 Å². The Bertz CT molecular complexity index is 586. The number of nitrogens with zero attached hydrogens (tertiary/aromatic N) is 1. The van der Waals surface area contributed by atoms with Crippen LogP contribution in [0.3, 0.4) is 0 Å². The normalized spacial score (nSPS) is 13.0. The van der Waals surface area contributed by atoms with E-state index in [1.54, 1.807) is 19.2 Å². The summed E-state index contributed by atoms with van der Waals surface area (Å²) >= 11 is 0. The van der Waals surface area contributed by atoms with Crippen LogP contribution in [0.5, 0.6) is 0 Å². The summed E-state index contributed by atoms with van der Waals surface area (Å²) in [4.78, 5) is 13.1. The van der Waals surface area contributed by atoms with E-state index in [0.717, 1.165) is 0 Å². The summed E-state index contributed by atoms with van der Waals surface area (Å²) in [7, 11) is -2.16. The lowest BCUT2D eigenvalue weighted by Crippen LogP contribution is -2.37. The third kappa shape index (κ3) is 4.80. The van der Waals surface area contributed by atoms with Gasteiger partial charge in [0.15, 0.2) is 0 Å². The molecule has 0 fully saturated rings. The number of hydrogen-bond acceptors (Lipinski definition) is 4. The molecule has 0 aromatic heterocycles. The highest BCUT2D eigenvalue weighted by molar-refractivity contribution is 7.89. The number of carbonyl (C=O) groups excluding carboxylic acids is 1. The number of rotatable bonds is 7. The number of nitrogens with one attached hydrogen (secondary N) is 1. The molecule has 7 heteroatoms. The van der Waals surface area contributed by atoms with Crippen molar-refractivity contribution in [1.29, 1.82) is 0 Å². The van der Waals surface area contributed by atoms with Crippen LogP contribution in [0.25, 0.3) is 0 Å². The fourth-order valence-corrected chi connectivity index (χ4v) is 2.71. The zero-order valence-electron chi connectivity index (χ0n) is 12.5. The van der Waals surface area contributed by atoms with Gasteiger partial charge in [-0.25, -0.2) is 13.1 Å². The largest absolute Gasteiger partial charge is 0.388 e. The molecule has 0 bridgehead atoms. The van der Waals surface area contributed by atoms with Crippen molar-refractivity contribution in [2.75, 3.05) is 20.1 Å². The molecule has 0 heterocycles. The molecule has 0 spiro atoms. The van der Waals surface area contributed by atoms with Crippen LogP contribution in [0.2, 0.25) is 0 Å². The van der Waals surface area contributed by atoms with Gasteiger partial charge in [0.1, 0.15) is 0 Å². The van der Waals surface area contributed by atoms with Gasteiger partial charge in [0.25, 0.3) is 0 Å². The van der Waals surface area contributed by atoms with Gasteiger partial charge in [0.05, 0.1) is 17.5 Å². The lowest BCUT2D eigenvalue weighted by Gasteiger charge is -2.15. The molecule has 0 aliphatic carbocycles. The molecule has 0 aliphatic rings. The van der Waals surface area contributed by atoms with Gasteiger partial charge in [-0.1, -0.05) is 19.1 Å². The minimum Gasteiger partial charge on any atom is -0.388 e. The Labute approximate surface area is 125 Å². The highest BCUT2D eigenvalue weighted by atomic mass is 32.2. The average molecular weight is 314 g/mol. The molecular formula is C14H22N2O4S. The Kier molecular flexibility index (Phi) is 6.32. The summed E-state index contributed by atoms with van der Waals surface area (Å²) in [5.74, 6) is -0.300. The molecule has 0 saturated carbocycles. The van der Waals surface area contributed by atoms with Gasteiger partial charge in [0.2, 0.25) is 15.9 Å². The zero-order valence-corrected chi connectivity index (χ0v) is 13.4. The Morgan fingerprint density at radius 3 is 2.62 bits per heavy atom. The van der Waals surface area contributed by atoms with E-state index in [0.29, 0.717) is 18.5 Å². The van der Waals surface area contributed by atoms with Crippen LogP contribution in [0.4, 0.5) is 0 Å². The molecule has 0 saturated heterocycles. The van der Waals surface area contributed by atoms with Crippen LogP contribution in [-0.2, 0) is 14.8 Å². The minimum atomic E-state index is -3.77. The number of likely N-dealkylation sites (N-methyl/N-ethyl adjacent to an activating group) is 1. The number of amides is 1. The number of carbonyl (C=O) groups is 1. The van der Waals surface area contributed by atoms with Crippen molar-refractivity contribution in [2.24, 2.45) is 0 Å². The van der Waals surface area contributed by atoms with E-state index in [1.165, 1.54) is 17.0 Å². The molecule has 1 atom stereocenters. The lowest BCUT2D eigenvalue weighted by atomic mass is 10.1. The molecule has 1 aromatic carbocycles. The van der Waals surface area contributed by atoms with Gasteiger partial charge in [-0.2, -0.15) is 0 Å². The van der Waals surface area contributed by atoms with E-state index in [2.05, 4.69) is 4.72 Å². The second-order valence-electron chi connectivity index (χ2n) is 4.73. The van der Waals surface area contributed by atoms with Crippen LogP contribution < -0.4 is 4.72 Å². The van der Waals surface area contributed by atoms with Crippen LogP contribution in [0, 0.1) is 0 Å². The van der Waals surface area contributed by atoms with Crippen molar-refractivity contribution in [1.82, 2.24) is 9.62 Å². The maximum absolute atomic E-state index is 12.1. The summed E-state index contributed by atoms with van der Waals surface area (Å²) < 4.78 is 26.6. The van der Waals surface area contributed by atoms with Gasteiger partial charge >= 0.3 is 0 Å². The smallest absolute Gasteiger partial charge is 0.241 e. The van der Waals surface area contributed by atoms with Crippen molar-refractivity contribution in [3.05, 3.63) is 29.8 Å². The number of hydrogen-bond donors (Lipinski definition) is 2. The average Bonchev–Trinajstić information content (AvgIpc) is 2.51. The quantitative estimate of drug-likeness (QED) is 0.782. The van der Waals surface area contributed by atoms with Crippen molar-refractivity contribution >= 4 is 15.9 Å². The molecule has 0 aliphatic heterocycles. The Hall–Kier alpha value is -1.44. The number of aliphatic hydroxyl groups excluding tert-OH is 1. The second kappa shape index (κ2) is 7.53. The molecule has 0 radical (unpaired) electrons. The summed E-state index contributed by atoms with van der Waals surface area (Å²) in [6.45, 7) is 3.84. The van der Waals surface area contributed by atoms with Crippen molar-refractivity contribution in [3.63, 3.8) is 0 Å². The Balaban J connectivity index is 2.86. The first-order valence-electron chi connectivity index (χ1n) is 6.83. The zero-order chi connectivity index (χ0) is 16.0. The van der Waals surface area contributed by atoms with Gasteiger partial charge in [-0.3, -0.25) is 4.79 Å². The predicted molar refractivity (Wildman–Crippen MR) is 80.2 cm³/mol. The molecule has 1 aromatic rings. The van der Waals surface area contributed by atoms with Gasteiger partial charge in [-0.15, -0.1) is 0 Å². The van der Waals surface area contributed by atoms with Crippen LogP contribution >= 0.6 is 0 Å². The third-order valence-electron chi connectivity index (χ3n) is 3.25. The maximum atomic E-state index is 12.1. The highest BCUT2D eigenvalue weighted by Gasteiger charge is 2.18. The maximum Gasteiger partial charge on any atom is 0.241 e. The van der Waals surface area contributed by atoms with Crippen molar-refractivity contribution in [2.45, 2.75) is 31.3 Å². The standard InChI is InChI=1S/C14H22N2O4S/c1-4-13(17)11-7-6-8-12(9-11)21(19,20)15-10-14(18)16(3)5-2/h6-9,13,15,17H,4-5,10H2,1-3H3. The summed E-state index contributed by atoms with van der Waals surface area (Å²) in [5.41, 5.74) is 0.539. The highest BCUT2D eigenvalue weighted by Crippen LogP contribution is 2.19. The fourth-order valence-electron chi connectivity index (χ4n) is 1.68. The fraction of sp³-hybridized carbons (Fsp3) is 0.500. The summed E-state index contributed by atoms with van der Waals surface area (Å²) in [6.07, 6.45) is -0.204. The van der Waals surface area contributed by atoms with Gasteiger partial charge in [-0.05, 0) is 31.0 Å². The first kappa shape index (κ1) is 17.6. The number of aliphatic hydroxyl groups is 1. The van der Waals surface area contributed by atoms with E-state index in [4.69, 9.17) is 0 Å². The Morgan fingerprint density at radius 1 is 1.38 bits per heavy atom. The first-order chi connectivity index (χ1) is 9.81. The predicted octanol–water partition coefficient (Wildman–Crippen LogP) is 0.887. The van der Waals surface area contributed by atoms with Gasteiger partial charge < -0.3 is 10.0 Å². The van der Waals surface area contributed by atoms with E-state index in [1.807, 2.05) is 13.8 Å². The molecular weight excluding hydrogens is 292 g/mol. The van der Waals surface area contributed by atoms with Crippen molar-refractivity contribution < 1.29 is 18.3 Å². The van der Waals surface area contributed by atoms with E-state index in [9.17, 15) is 18.3 Å². The molecule has 2 N–H and O–H groups in total. The number of benzene rings is 1. The first-order valence-corrected chi connectivity index (χ1v) is 8.31. The molecule has 6 nitrogen and oxygen atoms in total. The lowest BCUT2D eigenvalue weighted by molar-refractivity contribution is -0.128. The van der Waals surface area contributed by atoms with Crippen LogP contribution in [0.15, 0.2) is 29.2 Å². The van der Waals surface area contributed by atoms with E-state index < -0.39 is 16.1 Å².